The molecule has 2 heterocycles. The van der Waals surface area contributed by atoms with Gasteiger partial charge in [-0.25, -0.2) is 0 Å². The van der Waals surface area contributed by atoms with E-state index in [1.165, 1.54) is 0 Å². The van der Waals surface area contributed by atoms with Gasteiger partial charge in [0.15, 0.2) is 0 Å². The SMILES string of the molecule is CCc1ccc(C2CC(C)CCN2C(=O)C2CCCC(C(=O)O)C2)o1. The summed E-state index contributed by atoms with van der Waals surface area (Å²) in [4.78, 5) is 26.5. The van der Waals surface area contributed by atoms with Crippen molar-refractivity contribution >= 4 is 11.9 Å². The quantitative estimate of drug-likeness (QED) is 0.892. The zero-order chi connectivity index (χ0) is 18.0. The van der Waals surface area contributed by atoms with Crippen molar-refractivity contribution in [3.8, 4) is 0 Å². The van der Waals surface area contributed by atoms with Crippen LogP contribution < -0.4 is 0 Å². The maximum Gasteiger partial charge on any atom is 0.306 e. The first kappa shape index (κ1) is 18.0. The van der Waals surface area contributed by atoms with Gasteiger partial charge in [-0.1, -0.05) is 20.3 Å². The van der Waals surface area contributed by atoms with E-state index in [0.29, 0.717) is 18.8 Å². The molecule has 0 radical (unpaired) electrons. The van der Waals surface area contributed by atoms with Gasteiger partial charge in [-0.2, -0.15) is 0 Å². The van der Waals surface area contributed by atoms with Crippen molar-refractivity contribution in [2.45, 2.75) is 64.8 Å². The molecule has 1 N–H and O–H groups in total. The number of carboxylic acid groups (broad SMARTS) is 1. The van der Waals surface area contributed by atoms with Crippen LogP contribution in [0.3, 0.4) is 0 Å². The van der Waals surface area contributed by atoms with E-state index in [1.807, 2.05) is 17.0 Å². The predicted octanol–water partition coefficient (Wildman–Crippen LogP) is 4.03. The molecule has 2 aliphatic rings. The van der Waals surface area contributed by atoms with E-state index < -0.39 is 5.97 Å². The van der Waals surface area contributed by atoms with Crippen LogP contribution in [-0.4, -0.2) is 28.4 Å². The van der Waals surface area contributed by atoms with E-state index in [9.17, 15) is 14.7 Å². The lowest BCUT2D eigenvalue weighted by Gasteiger charge is -2.40. The highest BCUT2D eigenvalue weighted by Gasteiger charge is 2.38. The molecule has 3 rings (SSSR count). The minimum Gasteiger partial charge on any atom is -0.481 e. The Morgan fingerprint density at radius 2 is 1.96 bits per heavy atom. The Kier molecular flexibility index (Phi) is 5.50. The fraction of sp³-hybridized carbons (Fsp3) is 0.700. The first-order valence-electron chi connectivity index (χ1n) is 9.61. The third-order valence-corrected chi connectivity index (χ3v) is 5.88. The van der Waals surface area contributed by atoms with Gasteiger partial charge in [0.2, 0.25) is 5.91 Å². The zero-order valence-electron chi connectivity index (χ0n) is 15.2. The molecule has 138 valence electrons. The smallest absolute Gasteiger partial charge is 0.306 e. The standard InChI is InChI=1S/C20H29NO4/c1-3-16-7-8-18(25-16)17-11-13(2)9-10-21(17)19(22)14-5-4-6-15(12-14)20(23)24/h7-8,13-15,17H,3-6,9-12H2,1-2H3,(H,23,24). The molecular formula is C20H29NO4. The maximum atomic E-state index is 13.2. The lowest BCUT2D eigenvalue weighted by atomic mass is 9.79. The second-order valence-corrected chi connectivity index (χ2v) is 7.73. The largest absolute Gasteiger partial charge is 0.481 e. The van der Waals surface area contributed by atoms with Gasteiger partial charge in [0, 0.05) is 18.9 Å². The van der Waals surface area contributed by atoms with Crippen molar-refractivity contribution in [2.75, 3.05) is 6.54 Å². The Hall–Kier alpha value is -1.78. The monoisotopic (exact) mass is 347 g/mol. The fourth-order valence-corrected chi connectivity index (χ4v) is 4.31. The molecule has 1 amide bonds. The van der Waals surface area contributed by atoms with E-state index >= 15 is 0 Å². The summed E-state index contributed by atoms with van der Waals surface area (Å²) >= 11 is 0. The summed E-state index contributed by atoms with van der Waals surface area (Å²) in [6, 6.07) is 3.99. The molecule has 0 aromatic carbocycles. The van der Waals surface area contributed by atoms with Crippen LogP contribution in [0.5, 0.6) is 0 Å². The number of carbonyl (C=O) groups is 2. The Morgan fingerprint density at radius 1 is 1.20 bits per heavy atom. The molecular weight excluding hydrogens is 318 g/mol. The lowest BCUT2D eigenvalue weighted by molar-refractivity contribution is -0.147. The molecule has 5 nitrogen and oxygen atoms in total. The molecule has 2 fully saturated rings. The first-order chi connectivity index (χ1) is 12.0. The number of piperidine rings is 1. The molecule has 4 unspecified atom stereocenters. The van der Waals surface area contributed by atoms with Crippen molar-refractivity contribution in [3.63, 3.8) is 0 Å². The molecule has 1 saturated heterocycles. The predicted molar refractivity (Wildman–Crippen MR) is 94.0 cm³/mol. The summed E-state index contributed by atoms with van der Waals surface area (Å²) in [5.74, 6) is 1.21. The Morgan fingerprint density at radius 3 is 2.64 bits per heavy atom. The molecule has 1 aromatic heterocycles. The lowest BCUT2D eigenvalue weighted by Crippen LogP contribution is -2.44. The third kappa shape index (κ3) is 3.91. The number of rotatable bonds is 4. The highest BCUT2D eigenvalue weighted by Crippen LogP contribution is 2.38. The van der Waals surface area contributed by atoms with Gasteiger partial charge in [-0.15, -0.1) is 0 Å². The van der Waals surface area contributed by atoms with Crippen LogP contribution in [0, 0.1) is 17.8 Å². The summed E-state index contributed by atoms with van der Waals surface area (Å²) in [6.07, 6.45) is 5.56. The minimum atomic E-state index is -0.764. The van der Waals surface area contributed by atoms with Crippen LogP contribution in [0.4, 0.5) is 0 Å². The summed E-state index contributed by atoms with van der Waals surface area (Å²) in [5, 5.41) is 9.30. The average molecular weight is 347 g/mol. The number of aliphatic carboxylic acids is 1. The van der Waals surface area contributed by atoms with Gasteiger partial charge in [0.1, 0.15) is 11.5 Å². The Labute approximate surface area is 149 Å². The summed E-state index contributed by atoms with van der Waals surface area (Å²) in [6.45, 7) is 5.02. The number of hydrogen-bond donors (Lipinski definition) is 1. The molecule has 1 aromatic rings. The van der Waals surface area contributed by atoms with Gasteiger partial charge >= 0.3 is 5.97 Å². The number of likely N-dealkylation sites (tertiary alicyclic amines) is 1. The molecule has 1 aliphatic heterocycles. The van der Waals surface area contributed by atoms with Gasteiger partial charge in [0.25, 0.3) is 0 Å². The topological polar surface area (TPSA) is 70.8 Å². The number of nitrogens with zero attached hydrogens (tertiary/aromatic N) is 1. The molecule has 5 heteroatoms. The Bertz CT molecular complexity index is 623. The highest BCUT2D eigenvalue weighted by atomic mass is 16.4. The van der Waals surface area contributed by atoms with Crippen LogP contribution >= 0.6 is 0 Å². The van der Waals surface area contributed by atoms with Crippen LogP contribution in [0.25, 0.3) is 0 Å². The van der Waals surface area contributed by atoms with E-state index in [1.54, 1.807) is 0 Å². The highest BCUT2D eigenvalue weighted by molar-refractivity contribution is 5.80. The van der Waals surface area contributed by atoms with Gasteiger partial charge in [-0.05, 0) is 50.2 Å². The molecule has 25 heavy (non-hydrogen) atoms. The van der Waals surface area contributed by atoms with Gasteiger partial charge in [-0.3, -0.25) is 9.59 Å². The van der Waals surface area contributed by atoms with Gasteiger partial charge in [0.05, 0.1) is 12.0 Å². The number of aryl methyl sites for hydroxylation is 1. The van der Waals surface area contributed by atoms with Crippen molar-refractivity contribution in [2.24, 2.45) is 17.8 Å². The number of carbonyl (C=O) groups excluding carboxylic acids is 1. The first-order valence-corrected chi connectivity index (χ1v) is 9.61. The number of hydrogen-bond acceptors (Lipinski definition) is 3. The number of amides is 1. The Balaban J connectivity index is 1.77. The molecule has 4 atom stereocenters. The van der Waals surface area contributed by atoms with E-state index in [-0.39, 0.29) is 23.8 Å². The second kappa shape index (κ2) is 7.63. The zero-order valence-corrected chi connectivity index (χ0v) is 15.2. The van der Waals surface area contributed by atoms with Crippen LogP contribution in [0.15, 0.2) is 16.5 Å². The molecule has 1 saturated carbocycles. The van der Waals surface area contributed by atoms with Crippen LogP contribution in [-0.2, 0) is 16.0 Å². The molecule has 1 aliphatic carbocycles. The summed E-state index contributed by atoms with van der Waals surface area (Å²) < 4.78 is 5.96. The van der Waals surface area contributed by atoms with Crippen LogP contribution in [0.1, 0.15) is 69.9 Å². The summed E-state index contributed by atoms with van der Waals surface area (Å²) in [7, 11) is 0. The van der Waals surface area contributed by atoms with Crippen molar-refractivity contribution in [1.29, 1.82) is 0 Å². The third-order valence-electron chi connectivity index (χ3n) is 5.88. The minimum absolute atomic E-state index is 0.0123. The number of furan rings is 1. The van der Waals surface area contributed by atoms with Crippen molar-refractivity contribution < 1.29 is 19.1 Å². The maximum absolute atomic E-state index is 13.2. The van der Waals surface area contributed by atoms with Crippen molar-refractivity contribution in [1.82, 2.24) is 4.90 Å². The normalized spacial score (nSPS) is 30.2. The van der Waals surface area contributed by atoms with Crippen molar-refractivity contribution in [3.05, 3.63) is 23.7 Å². The fourth-order valence-electron chi connectivity index (χ4n) is 4.31. The molecule has 0 spiro atoms. The average Bonchev–Trinajstić information content (AvgIpc) is 3.10. The van der Waals surface area contributed by atoms with E-state index in [0.717, 1.165) is 50.2 Å². The van der Waals surface area contributed by atoms with Gasteiger partial charge < -0.3 is 14.4 Å². The van der Waals surface area contributed by atoms with Crippen LogP contribution in [0.2, 0.25) is 0 Å². The van der Waals surface area contributed by atoms with E-state index in [2.05, 4.69) is 13.8 Å². The number of carboxylic acids is 1. The second-order valence-electron chi connectivity index (χ2n) is 7.73. The molecule has 0 bridgehead atoms. The van der Waals surface area contributed by atoms with E-state index in [4.69, 9.17) is 4.42 Å². The summed E-state index contributed by atoms with van der Waals surface area (Å²) in [5.41, 5.74) is 0.